The first kappa shape index (κ1) is 8.97. The van der Waals surface area contributed by atoms with Crippen LogP contribution in [0.2, 0.25) is 0 Å². The number of likely N-dealkylation sites (tertiary alicyclic amines) is 1. The van der Waals surface area contributed by atoms with Crippen LogP contribution in [0, 0.1) is 11.8 Å². The molecule has 1 aliphatic heterocycles. The van der Waals surface area contributed by atoms with Gasteiger partial charge in [0.05, 0.1) is 0 Å². The highest BCUT2D eigenvalue weighted by Gasteiger charge is 2.44. The topological polar surface area (TPSA) is 66.6 Å². The molecule has 3 atom stereocenters. The monoisotopic (exact) mass is 184 g/mol. The van der Waals surface area contributed by atoms with Gasteiger partial charge in [-0.15, -0.1) is 0 Å². The number of hydrogen-bond acceptors (Lipinski definition) is 3. The van der Waals surface area contributed by atoms with Crippen LogP contribution in [-0.4, -0.2) is 41.7 Å². The van der Waals surface area contributed by atoms with Gasteiger partial charge >= 0.3 is 5.97 Å². The number of nitrogens with two attached hydrogens (primary N) is 1. The van der Waals surface area contributed by atoms with E-state index < -0.39 is 12.0 Å². The number of carboxylic acid groups (broad SMARTS) is 1. The first-order chi connectivity index (χ1) is 6.16. The molecule has 1 saturated carbocycles. The van der Waals surface area contributed by atoms with Crippen LogP contribution in [0.1, 0.15) is 12.8 Å². The molecule has 1 heterocycles. The molecule has 0 aromatic heterocycles. The van der Waals surface area contributed by atoms with Gasteiger partial charge in [-0.1, -0.05) is 0 Å². The normalized spacial score (nSPS) is 34.2. The van der Waals surface area contributed by atoms with Crippen LogP contribution in [-0.2, 0) is 4.79 Å². The first-order valence-electron chi connectivity index (χ1n) is 4.87. The Kier molecular flexibility index (Phi) is 2.26. The van der Waals surface area contributed by atoms with Gasteiger partial charge in [0.2, 0.25) is 0 Å². The van der Waals surface area contributed by atoms with Crippen molar-refractivity contribution in [2.24, 2.45) is 17.6 Å². The molecule has 0 amide bonds. The molecule has 1 aliphatic carbocycles. The first-order valence-corrected chi connectivity index (χ1v) is 4.87. The van der Waals surface area contributed by atoms with Gasteiger partial charge in [-0.2, -0.15) is 0 Å². The van der Waals surface area contributed by atoms with Crippen molar-refractivity contribution in [3.05, 3.63) is 0 Å². The van der Waals surface area contributed by atoms with Gasteiger partial charge in [0.15, 0.2) is 0 Å². The molecular formula is C9H16N2O2. The van der Waals surface area contributed by atoms with Gasteiger partial charge in [-0.25, -0.2) is 0 Å². The number of carboxylic acids is 1. The highest BCUT2D eigenvalue weighted by Crippen LogP contribution is 2.44. The summed E-state index contributed by atoms with van der Waals surface area (Å²) in [5.74, 6) is 0.950. The smallest absolute Gasteiger partial charge is 0.320 e. The van der Waals surface area contributed by atoms with E-state index in [0.29, 0.717) is 6.42 Å². The number of carbonyl (C=O) groups is 1. The van der Waals surface area contributed by atoms with Crippen LogP contribution < -0.4 is 5.73 Å². The van der Waals surface area contributed by atoms with Crippen molar-refractivity contribution in [3.8, 4) is 0 Å². The zero-order chi connectivity index (χ0) is 9.42. The van der Waals surface area contributed by atoms with Crippen molar-refractivity contribution >= 4 is 5.97 Å². The average Bonchev–Trinajstić information content (AvgIpc) is 2.70. The number of hydrogen-bond donors (Lipinski definition) is 2. The summed E-state index contributed by atoms with van der Waals surface area (Å²) in [7, 11) is 0. The summed E-state index contributed by atoms with van der Waals surface area (Å²) < 4.78 is 0. The Balaban J connectivity index is 1.65. The molecule has 0 bridgehead atoms. The SMILES string of the molecule is NC(CCN1CC2CC2C1)C(=O)O. The third-order valence-corrected chi connectivity index (χ3v) is 3.13. The fraction of sp³-hybridized carbons (Fsp3) is 0.889. The summed E-state index contributed by atoms with van der Waals surface area (Å²) in [5, 5.41) is 8.57. The van der Waals surface area contributed by atoms with E-state index in [0.717, 1.165) is 31.5 Å². The van der Waals surface area contributed by atoms with E-state index in [1.54, 1.807) is 0 Å². The molecule has 0 spiro atoms. The highest BCUT2D eigenvalue weighted by atomic mass is 16.4. The molecule has 0 aromatic carbocycles. The van der Waals surface area contributed by atoms with Gasteiger partial charge in [0.1, 0.15) is 6.04 Å². The van der Waals surface area contributed by atoms with Crippen molar-refractivity contribution in [1.29, 1.82) is 0 Å². The Bertz CT molecular complexity index is 210. The standard InChI is InChI=1S/C9H16N2O2/c10-8(9(12)13)1-2-11-4-6-3-7(6)5-11/h6-8H,1-5,10H2,(H,12,13). The van der Waals surface area contributed by atoms with Crippen molar-refractivity contribution in [3.63, 3.8) is 0 Å². The maximum absolute atomic E-state index is 10.4. The van der Waals surface area contributed by atoms with Crippen molar-refractivity contribution in [1.82, 2.24) is 4.90 Å². The maximum atomic E-state index is 10.4. The van der Waals surface area contributed by atoms with Gasteiger partial charge < -0.3 is 15.7 Å². The summed E-state index contributed by atoms with van der Waals surface area (Å²) >= 11 is 0. The van der Waals surface area contributed by atoms with Gasteiger partial charge in [0, 0.05) is 19.6 Å². The zero-order valence-electron chi connectivity index (χ0n) is 7.65. The Morgan fingerprint density at radius 3 is 2.69 bits per heavy atom. The van der Waals surface area contributed by atoms with Crippen LogP contribution in [0.15, 0.2) is 0 Å². The lowest BCUT2D eigenvalue weighted by Crippen LogP contribution is -2.35. The molecule has 2 aliphatic rings. The van der Waals surface area contributed by atoms with Gasteiger partial charge in [-0.05, 0) is 24.7 Å². The van der Waals surface area contributed by atoms with E-state index >= 15 is 0 Å². The van der Waals surface area contributed by atoms with Crippen LogP contribution in [0.3, 0.4) is 0 Å². The fourth-order valence-electron chi connectivity index (χ4n) is 2.12. The lowest BCUT2D eigenvalue weighted by Gasteiger charge is -2.18. The molecule has 74 valence electrons. The molecular weight excluding hydrogens is 168 g/mol. The number of piperidine rings is 1. The highest BCUT2D eigenvalue weighted by molar-refractivity contribution is 5.72. The molecule has 3 N–H and O–H groups in total. The maximum Gasteiger partial charge on any atom is 0.320 e. The van der Waals surface area contributed by atoms with Crippen LogP contribution in [0.4, 0.5) is 0 Å². The fourth-order valence-corrected chi connectivity index (χ4v) is 2.12. The second-order valence-electron chi connectivity index (χ2n) is 4.25. The Morgan fingerprint density at radius 1 is 1.54 bits per heavy atom. The van der Waals surface area contributed by atoms with Crippen molar-refractivity contribution in [2.45, 2.75) is 18.9 Å². The molecule has 1 saturated heterocycles. The Hall–Kier alpha value is -0.610. The van der Waals surface area contributed by atoms with E-state index in [9.17, 15) is 4.79 Å². The van der Waals surface area contributed by atoms with E-state index in [1.165, 1.54) is 6.42 Å². The lowest BCUT2D eigenvalue weighted by molar-refractivity contribution is -0.138. The number of aliphatic carboxylic acids is 1. The second-order valence-corrected chi connectivity index (χ2v) is 4.25. The van der Waals surface area contributed by atoms with Crippen molar-refractivity contribution in [2.75, 3.05) is 19.6 Å². The number of rotatable bonds is 4. The van der Waals surface area contributed by atoms with Crippen molar-refractivity contribution < 1.29 is 9.90 Å². The minimum absolute atomic E-state index is 0.578. The molecule has 2 fully saturated rings. The summed E-state index contributed by atoms with van der Waals surface area (Å²) in [6, 6.07) is -0.683. The molecule has 3 unspecified atom stereocenters. The summed E-state index contributed by atoms with van der Waals surface area (Å²) in [6.07, 6.45) is 1.97. The molecule has 4 nitrogen and oxygen atoms in total. The minimum atomic E-state index is -0.885. The lowest BCUT2D eigenvalue weighted by atomic mass is 10.2. The zero-order valence-corrected chi connectivity index (χ0v) is 7.65. The minimum Gasteiger partial charge on any atom is -0.480 e. The van der Waals surface area contributed by atoms with Crippen LogP contribution in [0.25, 0.3) is 0 Å². The van der Waals surface area contributed by atoms with E-state index in [1.807, 2.05) is 0 Å². The molecule has 0 radical (unpaired) electrons. The summed E-state index contributed by atoms with van der Waals surface area (Å²) in [4.78, 5) is 12.8. The molecule has 0 aromatic rings. The Labute approximate surface area is 77.7 Å². The molecule has 2 rings (SSSR count). The van der Waals surface area contributed by atoms with Crippen LogP contribution >= 0.6 is 0 Å². The number of nitrogens with zero attached hydrogens (tertiary/aromatic N) is 1. The predicted octanol–water partition coefficient (Wildman–Crippen LogP) is -0.260. The quantitative estimate of drug-likeness (QED) is 0.631. The third kappa shape index (κ3) is 2.00. The summed E-state index contributed by atoms with van der Waals surface area (Å²) in [6.45, 7) is 3.18. The van der Waals surface area contributed by atoms with E-state index in [-0.39, 0.29) is 0 Å². The number of fused-ring (bicyclic) bond motifs is 1. The molecule has 13 heavy (non-hydrogen) atoms. The van der Waals surface area contributed by atoms with Gasteiger partial charge in [0.25, 0.3) is 0 Å². The predicted molar refractivity (Wildman–Crippen MR) is 48.3 cm³/mol. The molecule has 4 heteroatoms. The van der Waals surface area contributed by atoms with Gasteiger partial charge in [-0.3, -0.25) is 4.79 Å². The van der Waals surface area contributed by atoms with Crippen LogP contribution in [0.5, 0.6) is 0 Å². The van der Waals surface area contributed by atoms with E-state index in [4.69, 9.17) is 10.8 Å². The largest absolute Gasteiger partial charge is 0.480 e. The Morgan fingerprint density at radius 2 is 2.15 bits per heavy atom. The summed E-state index contributed by atoms with van der Waals surface area (Å²) in [5.41, 5.74) is 5.41. The van der Waals surface area contributed by atoms with E-state index in [2.05, 4.69) is 4.90 Å². The average molecular weight is 184 g/mol. The third-order valence-electron chi connectivity index (χ3n) is 3.13. The second kappa shape index (κ2) is 3.27.